The molecular formula is C14H12F6N4O. The van der Waals surface area contributed by atoms with Crippen molar-refractivity contribution < 1.29 is 31.1 Å². The van der Waals surface area contributed by atoms with E-state index in [1.54, 1.807) is 5.32 Å². The minimum absolute atomic E-state index is 0.352. The van der Waals surface area contributed by atoms with Crippen LogP contribution in [0.2, 0.25) is 0 Å². The van der Waals surface area contributed by atoms with Gasteiger partial charge >= 0.3 is 6.03 Å². The highest BCUT2D eigenvalue weighted by Gasteiger charge is 2.33. The van der Waals surface area contributed by atoms with E-state index in [-0.39, 0.29) is 5.69 Å². The summed E-state index contributed by atoms with van der Waals surface area (Å²) < 4.78 is 80.3. The Morgan fingerprint density at radius 3 is 2.40 bits per heavy atom. The van der Waals surface area contributed by atoms with Gasteiger partial charge in [0.2, 0.25) is 0 Å². The predicted molar refractivity (Wildman–Crippen MR) is 75.4 cm³/mol. The highest BCUT2D eigenvalue weighted by atomic mass is 19.3. The number of hydrogen-bond donors (Lipinski definition) is 2. The second-order valence-electron chi connectivity index (χ2n) is 5.07. The minimum atomic E-state index is -3.78. The Morgan fingerprint density at radius 1 is 1.24 bits per heavy atom. The van der Waals surface area contributed by atoms with Gasteiger partial charge in [0.25, 0.3) is 12.3 Å². The average molecular weight is 366 g/mol. The Kier molecular flexibility index (Phi) is 5.24. The number of carbonyl (C=O) groups is 1. The summed E-state index contributed by atoms with van der Waals surface area (Å²) in [5.74, 6) is -6.17. The average Bonchev–Trinajstić information content (AvgIpc) is 2.85. The van der Waals surface area contributed by atoms with Crippen LogP contribution in [0.3, 0.4) is 0 Å². The number of amides is 2. The lowest BCUT2D eigenvalue weighted by Gasteiger charge is -2.18. The van der Waals surface area contributed by atoms with Gasteiger partial charge in [-0.1, -0.05) is 0 Å². The number of alkyl halides is 4. The summed E-state index contributed by atoms with van der Waals surface area (Å²) in [4.78, 5) is 11.6. The van der Waals surface area contributed by atoms with Crippen molar-refractivity contribution in [1.82, 2.24) is 15.1 Å². The van der Waals surface area contributed by atoms with E-state index < -0.39 is 47.8 Å². The summed E-state index contributed by atoms with van der Waals surface area (Å²) in [6.45, 7) is -1.30. The quantitative estimate of drug-likeness (QED) is 0.796. The molecule has 2 rings (SSSR count). The summed E-state index contributed by atoms with van der Waals surface area (Å²) in [6, 6.07) is 0.0807. The SMILES string of the molecule is Cn1cc(NC(=O)NCC(F)(F)c2cc(F)cc(F)c2)c(C(F)F)n1. The summed E-state index contributed by atoms with van der Waals surface area (Å²) >= 11 is 0. The first-order valence-corrected chi connectivity index (χ1v) is 6.79. The van der Waals surface area contributed by atoms with Gasteiger partial charge in [-0.25, -0.2) is 22.4 Å². The summed E-state index contributed by atoms with van der Waals surface area (Å²) in [5.41, 5.74) is -2.05. The fourth-order valence-corrected chi connectivity index (χ4v) is 1.99. The zero-order valence-electron chi connectivity index (χ0n) is 12.7. The molecule has 0 aliphatic rings. The van der Waals surface area contributed by atoms with E-state index >= 15 is 0 Å². The first-order chi connectivity index (χ1) is 11.6. The van der Waals surface area contributed by atoms with Crippen LogP contribution in [0.4, 0.5) is 36.8 Å². The molecular weight excluding hydrogens is 354 g/mol. The summed E-state index contributed by atoms with van der Waals surface area (Å²) in [6.07, 6.45) is -1.91. The monoisotopic (exact) mass is 366 g/mol. The molecule has 1 aromatic carbocycles. The maximum Gasteiger partial charge on any atom is 0.319 e. The molecule has 0 aliphatic heterocycles. The molecule has 1 heterocycles. The van der Waals surface area contributed by atoms with Gasteiger partial charge in [0.15, 0.2) is 5.69 Å². The molecule has 0 fully saturated rings. The number of aromatic nitrogens is 2. The molecule has 0 aliphatic carbocycles. The molecule has 2 aromatic rings. The number of benzene rings is 1. The highest BCUT2D eigenvalue weighted by Crippen LogP contribution is 2.29. The van der Waals surface area contributed by atoms with E-state index in [0.29, 0.717) is 18.2 Å². The van der Waals surface area contributed by atoms with Crippen LogP contribution in [0.15, 0.2) is 24.4 Å². The van der Waals surface area contributed by atoms with E-state index in [1.165, 1.54) is 7.05 Å². The van der Waals surface area contributed by atoms with Crippen molar-refractivity contribution in [3.63, 3.8) is 0 Å². The third-order valence-electron chi connectivity index (χ3n) is 3.07. The van der Waals surface area contributed by atoms with Gasteiger partial charge in [-0.15, -0.1) is 0 Å². The molecule has 0 atom stereocenters. The second-order valence-corrected chi connectivity index (χ2v) is 5.07. The van der Waals surface area contributed by atoms with Crippen LogP contribution in [0.1, 0.15) is 17.7 Å². The van der Waals surface area contributed by atoms with Crippen LogP contribution in [0.25, 0.3) is 0 Å². The molecule has 0 unspecified atom stereocenters. The number of urea groups is 1. The molecule has 0 radical (unpaired) electrons. The van der Waals surface area contributed by atoms with Gasteiger partial charge in [-0.3, -0.25) is 4.68 Å². The van der Waals surface area contributed by atoms with Crippen LogP contribution in [0, 0.1) is 11.6 Å². The van der Waals surface area contributed by atoms with Crippen LogP contribution in [0.5, 0.6) is 0 Å². The lowest BCUT2D eigenvalue weighted by Crippen LogP contribution is -2.37. The number of halogens is 6. The van der Waals surface area contributed by atoms with Crippen LogP contribution >= 0.6 is 0 Å². The smallest absolute Gasteiger partial charge is 0.319 e. The molecule has 5 nitrogen and oxygen atoms in total. The van der Waals surface area contributed by atoms with Gasteiger partial charge in [0.1, 0.15) is 11.6 Å². The van der Waals surface area contributed by atoms with E-state index in [9.17, 15) is 31.1 Å². The lowest BCUT2D eigenvalue weighted by molar-refractivity contribution is -0.000689. The third-order valence-corrected chi connectivity index (χ3v) is 3.07. The van der Waals surface area contributed by atoms with Gasteiger partial charge in [-0.05, 0) is 12.1 Å². The van der Waals surface area contributed by atoms with Crippen molar-refractivity contribution in [2.75, 3.05) is 11.9 Å². The molecule has 11 heteroatoms. The lowest BCUT2D eigenvalue weighted by atomic mass is 10.1. The molecule has 0 saturated heterocycles. The number of nitrogens with zero attached hydrogens (tertiary/aromatic N) is 2. The van der Waals surface area contributed by atoms with E-state index in [1.807, 2.05) is 5.32 Å². The minimum Gasteiger partial charge on any atom is -0.331 e. The third kappa shape index (κ3) is 4.64. The molecule has 136 valence electrons. The first-order valence-electron chi connectivity index (χ1n) is 6.79. The number of anilines is 1. The molecule has 0 spiro atoms. The molecule has 25 heavy (non-hydrogen) atoms. The van der Waals surface area contributed by atoms with Crippen molar-refractivity contribution in [3.05, 3.63) is 47.3 Å². The van der Waals surface area contributed by atoms with Crippen LogP contribution in [-0.2, 0) is 13.0 Å². The van der Waals surface area contributed by atoms with Crippen molar-refractivity contribution in [1.29, 1.82) is 0 Å². The normalized spacial score (nSPS) is 11.7. The van der Waals surface area contributed by atoms with Crippen molar-refractivity contribution in [2.45, 2.75) is 12.3 Å². The molecule has 0 saturated carbocycles. The predicted octanol–water partition coefficient (Wildman–Crippen LogP) is 3.55. The van der Waals surface area contributed by atoms with E-state index in [0.717, 1.165) is 10.9 Å². The van der Waals surface area contributed by atoms with Crippen LogP contribution in [-0.4, -0.2) is 22.4 Å². The van der Waals surface area contributed by atoms with Gasteiger partial charge in [0, 0.05) is 24.9 Å². The molecule has 1 aromatic heterocycles. The van der Waals surface area contributed by atoms with Gasteiger partial charge in [0.05, 0.1) is 12.2 Å². The summed E-state index contributed by atoms with van der Waals surface area (Å²) in [7, 11) is 1.33. The number of nitrogens with one attached hydrogen (secondary N) is 2. The summed E-state index contributed by atoms with van der Waals surface area (Å²) in [5, 5.41) is 7.15. The van der Waals surface area contributed by atoms with E-state index in [2.05, 4.69) is 5.10 Å². The Bertz CT molecular complexity index is 756. The van der Waals surface area contributed by atoms with Crippen molar-refractivity contribution in [3.8, 4) is 0 Å². The Morgan fingerprint density at radius 2 is 1.84 bits per heavy atom. The molecule has 2 N–H and O–H groups in total. The van der Waals surface area contributed by atoms with Crippen molar-refractivity contribution in [2.24, 2.45) is 7.05 Å². The standard InChI is InChI=1S/C14H12F6N4O/c1-24-5-10(11(23-24)12(17)18)22-13(25)21-6-14(19,20)7-2-8(15)4-9(16)3-7/h2-5,12H,6H2,1H3,(H2,21,22,25). The largest absolute Gasteiger partial charge is 0.331 e. The van der Waals surface area contributed by atoms with Gasteiger partial charge < -0.3 is 10.6 Å². The maximum atomic E-state index is 13.9. The molecule has 0 bridgehead atoms. The number of hydrogen-bond acceptors (Lipinski definition) is 2. The Balaban J connectivity index is 2.04. The maximum absolute atomic E-state index is 13.9. The Labute approximate surface area is 137 Å². The number of rotatable bonds is 5. The Hall–Kier alpha value is -2.72. The second kappa shape index (κ2) is 7.03. The zero-order valence-corrected chi connectivity index (χ0v) is 12.7. The number of carbonyl (C=O) groups excluding carboxylic acids is 1. The van der Waals surface area contributed by atoms with Crippen LogP contribution < -0.4 is 10.6 Å². The van der Waals surface area contributed by atoms with Crippen molar-refractivity contribution >= 4 is 11.7 Å². The first kappa shape index (κ1) is 18.6. The van der Waals surface area contributed by atoms with E-state index in [4.69, 9.17) is 0 Å². The number of aryl methyl sites for hydroxylation is 1. The molecule has 2 amide bonds. The fraction of sp³-hybridized carbons (Fsp3) is 0.286. The highest BCUT2D eigenvalue weighted by molar-refractivity contribution is 5.89. The van der Waals surface area contributed by atoms with Gasteiger partial charge in [-0.2, -0.15) is 13.9 Å². The topological polar surface area (TPSA) is 59.0 Å². The fourth-order valence-electron chi connectivity index (χ4n) is 1.99. The zero-order chi connectivity index (χ0) is 18.8.